The molecule has 0 aromatic heterocycles. The van der Waals surface area contributed by atoms with Crippen LogP contribution in [0.4, 0.5) is 9.59 Å². The van der Waals surface area contributed by atoms with Gasteiger partial charge in [-0.15, -0.1) is 0 Å². The summed E-state index contributed by atoms with van der Waals surface area (Å²) in [6.07, 6.45) is -1.46. The Morgan fingerprint density at radius 2 is 1.52 bits per heavy atom. The monoisotopic (exact) mass is 466 g/mol. The van der Waals surface area contributed by atoms with Crippen molar-refractivity contribution in [1.82, 2.24) is 10.6 Å². The van der Waals surface area contributed by atoms with Crippen LogP contribution in [0.25, 0.3) is 0 Å². The van der Waals surface area contributed by atoms with Gasteiger partial charge >= 0.3 is 18.2 Å². The summed E-state index contributed by atoms with van der Waals surface area (Å²) in [6.45, 7) is 12.8. The number of esters is 1. The van der Waals surface area contributed by atoms with Gasteiger partial charge in [0.2, 0.25) is 0 Å². The molecule has 0 aliphatic carbocycles. The lowest BCUT2D eigenvalue weighted by molar-refractivity contribution is -0.161. The molecule has 0 bridgehead atoms. The molecular formula is C24H38N2O7. The van der Waals surface area contributed by atoms with E-state index < -0.39 is 41.5 Å². The number of hydrogen-bond donors (Lipinski definition) is 2. The van der Waals surface area contributed by atoms with Crippen molar-refractivity contribution in [3.63, 3.8) is 0 Å². The summed E-state index contributed by atoms with van der Waals surface area (Å²) in [5.74, 6) is -0.622. The van der Waals surface area contributed by atoms with Gasteiger partial charge in [0.15, 0.2) is 6.04 Å². The molecule has 0 aliphatic rings. The van der Waals surface area contributed by atoms with E-state index in [4.69, 9.17) is 18.9 Å². The lowest BCUT2D eigenvalue weighted by atomic mass is 10.1. The number of rotatable bonds is 10. The van der Waals surface area contributed by atoms with Gasteiger partial charge in [-0.1, -0.05) is 30.3 Å². The average Bonchev–Trinajstić information content (AvgIpc) is 2.68. The Balaban J connectivity index is 2.47. The van der Waals surface area contributed by atoms with Crippen LogP contribution < -0.4 is 10.6 Å². The number of ether oxygens (including phenoxy) is 4. The van der Waals surface area contributed by atoms with Crippen LogP contribution in [0.2, 0.25) is 0 Å². The van der Waals surface area contributed by atoms with Crippen LogP contribution in [0.1, 0.15) is 60.5 Å². The second kappa shape index (κ2) is 13.0. The molecule has 0 saturated carbocycles. The molecule has 9 nitrogen and oxygen atoms in total. The lowest BCUT2D eigenvalue weighted by Gasteiger charge is -2.29. The van der Waals surface area contributed by atoms with Gasteiger partial charge in [-0.05, 0) is 60.5 Å². The molecule has 2 atom stereocenters. The summed E-state index contributed by atoms with van der Waals surface area (Å²) in [5.41, 5.74) is -0.544. The highest BCUT2D eigenvalue weighted by molar-refractivity contribution is 5.82. The minimum atomic E-state index is -1.05. The Morgan fingerprint density at radius 3 is 2.09 bits per heavy atom. The summed E-state index contributed by atoms with van der Waals surface area (Å²) in [6, 6.07) is 8.32. The number of carbonyl (C=O) groups is 3. The second-order valence-corrected chi connectivity index (χ2v) is 9.58. The van der Waals surface area contributed by atoms with Crippen LogP contribution in [0, 0.1) is 0 Å². The Labute approximate surface area is 196 Å². The zero-order valence-corrected chi connectivity index (χ0v) is 20.7. The second-order valence-electron chi connectivity index (χ2n) is 9.58. The minimum absolute atomic E-state index is 0.189. The predicted molar refractivity (Wildman–Crippen MR) is 124 cm³/mol. The molecular weight excluding hydrogens is 428 g/mol. The third kappa shape index (κ3) is 13.4. The van der Waals surface area contributed by atoms with E-state index in [1.807, 2.05) is 30.3 Å². The quantitative estimate of drug-likeness (QED) is 0.305. The van der Waals surface area contributed by atoms with E-state index in [2.05, 4.69) is 10.6 Å². The fraction of sp³-hybridized carbons (Fsp3) is 0.625. The maximum Gasteiger partial charge on any atom is 0.408 e. The largest absolute Gasteiger partial charge is 0.458 e. The first kappa shape index (κ1) is 28.2. The van der Waals surface area contributed by atoms with Crippen molar-refractivity contribution in [3.8, 4) is 0 Å². The summed E-state index contributed by atoms with van der Waals surface area (Å²) < 4.78 is 21.5. The van der Waals surface area contributed by atoms with Gasteiger partial charge in [0.05, 0.1) is 6.10 Å². The number of amides is 2. The van der Waals surface area contributed by atoms with Crippen LogP contribution >= 0.6 is 0 Å². The molecule has 1 aromatic rings. The predicted octanol–water partition coefficient (Wildman–Crippen LogP) is 3.94. The average molecular weight is 467 g/mol. The number of benzene rings is 1. The Kier molecular flexibility index (Phi) is 11.1. The highest BCUT2D eigenvalue weighted by atomic mass is 16.6. The molecule has 0 radical (unpaired) electrons. The van der Waals surface area contributed by atoms with Crippen LogP contribution in [-0.2, 0) is 30.3 Å². The molecule has 0 heterocycles. The highest BCUT2D eigenvalue weighted by Crippen LogP contribution is 2.13. The Hall–Kier alpha value is -2.81. The smallest absolute Gasteiger partial charge is 0.408 e. The van der Waals surface area contributed by atoms with E-state index in [0.29, 0.717) is 13.0 Å². The van der Waals surface area contributed by atoms with Crippen molar-refractivity contribution in [2.75, 3.05) is 13.2 Å². The van der Waals surface area contributed by atoms with Gasteiger partial charge in [0.25, 0.3) is 0 Å². The van der Waals surface area contributed by atoms with Gasteiger partial charge in [-0.3, -0.25) is 0 Å². The summed E-state index contributed by atoms with van der Waals surface area (Å²) in [7, 11) is 0. The fourth-order valence-electron chi connectivity index (χ4n) is 2.57. The van der Waals surface area contributed by atoms with Crippen molar-refractivity contribution >= 4 is 18.2 Å². The first-order valence-electron chi connectivity index (χ1n) is 11.1. The molecule has 9 heteroatoms. The molecule has 0 unspecified atom stereocenters. The first-order chi connectivity index (χ1) is 15.3. The van der Waals surface area contributed by atoms with Gasteiger partial charge in [0, 0.05) is 13.2 Å². The van der Waals surface area contributed by atoms with Gasteiger partial charge in [0.1, 0.15) is 17.8 Å². The number of nitrogens with one attached hydrogen (secondary N) is 2. The zero-order chi connectivity index (χ0) is 25.1. The van der Waals surface area contributed by atoms with E-state index in [0.717, 1.165) is 5.56 Å². The molecule has 1 rings (SSSR count). The summed E-state index contributed by atoms with van der Waals surface area (Å²) in [4.78, 5) is 36.6. The van der Waals surface area contributed by atoms with Gasteiger partial charge < -0.3 is 29.6 Å². The van der Waals surface area contributed by atoms with E-state index >= 15 is 0 Å². The zero-order valence-electron chi connectivity index (χ0n) is 20.7. The lowest BCUT2D eigenvalue weighted by Crippen LogP contribution is -2.52. The molecule has 0 saturated heterocycles. The van der Waals surface area contributed by atoms with Crippen LogP contribution in [-0.4, -0.2) is 54.7 Å². The molecule has 0 aliphatic heterocycles. The normalized spacial score (nSPS) is 13.4. The maximum atomic E-state index is 12.6. The maximum absolute atomic E-state index is 12.6. The van der Waals surface area contributed by atoms with E-state index in [1.165, 1.54) is 0 Å². The number of hydrogen-bond acceptors (Lipinski definition) is 7. The molecule has 2 amide bonds. The molecule has 2 N–H and O–H groups in total. The summed E-state index contributed by atoms with van der Waals surface area (Å²) in [5, 5.41) is 5.18. The number of carbonyl (C=O) groups excluding carboxylic acids is 3. The highest BCUT2D eigenvalue weighted by Gasteiger charge is 2.33. The molecule has 1 aromatic carbocycles. The van der Waals surface area contributed by atoms with Crippen molar-refractivity contribution in [2.24, 2.45) is 0 Å². The Morgan fingerprint density at radius 1 is 0.909 bits per heavy atom. The SMILES string of the molecule is C[C@H](OCCCNC(=O)OCc1ccccc1)[C@H](NC(=O)OC(C)(C)C)C(=O)OC(C)(C)C. The topological polar surface area (TPSA) is 112 Å². The van der Waals surface area contributed by atoms with Gasteiger partial charge in [-0.25, -0.2) is 14.4 Å². The van der Waals surface area contributed by atoms with Crippen molar-refractivity contribution in [1.29, 1.82) is 0 Å². The third-order valence-corrected chi connectivity index (χ3v) is 3.99. The Bertz CT molecular complexity index is 754. The van der Waals surface area contributed by atoms with E-state index in [1.54, 1.807) is 48.5 Å². The molecule has 0 spiro atoms. The van der Waals surface area contributed by atoms with E-state index in [-0.39, 0.29) is 13.2 Å². The van der Waals surface area contributed by atoms with Crippen molar-refractivity contribution in [2.45, 2.75) is 84.8 Å². The van der Waals surface area contributed by atoms with Crippen LogP contribution in [0.15, 0.2) is 30.3 Å². The fourth-order valence-corrected chi connectivity index (χ4v) is 2.57. The van der Waals surface area contributed by atoms with Crippen LogP contribution in [0.5, 0.6) is 0 Å². The standard InChI is InChI=1S/C24H38N2O7/c1-17(19(20(27)32-23(2,3)4)26-22(29)33-24(5,6)7)30-15-11-14-25-21(28)31-16-18-12-9-8-10-13-18/h8-10,12-13,17,19H,11,14-16H2,1-7H3,(H,25,28)(H,26,29)/t17-,19-/m0/s1. The van der Waals surface area contributed by atoms with Gasteiger partial charge in [-0.2, -0.15) is 0 Å². The third-order valence-electron chi connectivity index (χ3n) is 3.99. The van der Waals surface area contributed by atoms with E-state index in [9.17, 15) is 14.4 Å². The number of alkyl carbamates (subject to hydrolysis) is 2. The van der Waals surface area contributed by atoms with Crippen molar-refractivity contribution in [3.05, 3.63) is 35.9 Å². The first-order valence-corrected chi connectivity index (χ1v) is 11.1. The van der Waals surface area contributed by atoms with Crippen LogP contribution in [0.3, 0.4) is 0 Å². The molecule has 186 valence electrons. The van der Waals surface area contributed by atoms with Crippen molar-refractivity contribution < 1.29 is 33.3 Å². The minimum Gasteiger partial charge on any atom is -0.458 e. The summed E-state index contributed by atoms with van der Waals surface area (Å²) >= 11 is 0. The molecule has 0 fully saturated rings. The molecule has 33 heavy (non-hydrogen) atoms.